The third-order valence-corrected chi connectivity index (χ3v) is 5.22. The van der Waals surface area contributed by atoms with Crippen LogP contribution in [0.4, 0.5) is 5.69 Å². The molecule has 10 heteroatoms. The van der Waals surface area contributed by atoms with Crippen LogP contribution >= 0.6 is 58.2 Å². The molecule has 5 nitrogen and oxygen atoms in total. The van der Waals surface area contributed by atoms with Crippen molar-refractivity contribution in [1.82, 2.24) is 14.8 Å². The molecule has 0 saturated heterocycles. The van der Waals surface area contributed by atoms with Gasteiger partial charge in [-0.05, 0) is 36.4 Å². The summed E-state index contributed by atoms with van der Waals surface area (Å²) in [5.74, 6) is -0.126. The van der Waals surface area contributed by atoms with Crippen LogP contribution in [0.15, 0.2) is 47.9 Å². The molecule has 1 aromatic heterocycles. The standard InChI is InChI=1S/C16H10Cl4N4OS/c17-9-1-3-13(11(19)5-9)23-15(25)7-26-16-21-8-22-24(16)14-4-2-10(18)6-12(14)20/h1-6,8H,7H2,(H,23,25). The van der Waals surface area contributed by atoms with E-state index in [1.54, 1.807) is 41.1 Å². The SMILES string of the molecule is O=C(CSc1ncnn1-c1ccc(Cl)cc1Cl)Nc1ccc(Cl)cc1Cl. The van der Waals surface area contributed by atoms with Crippen LogP contribution in [0.5, 0.6) is 0 Å². The zero-order chi connectivity index (χ0) is 18.7. The monoisotopic (exact) mass is 446 g/mol. The second-order valence-electron chi connectivity index (χ2n) is 5.01. The molecular weight excluding hydrogens is 438 g/mol. The number of carbonyl (C=O) groups is 1. The first-order valence-corrected chi connectivity index (χ1v) is 9.67. The third-order valence-electron chi connectivity index (χ3n) is 3.19. The molecule has 0 bridgehead atoms. The topological polar surface area (TPSA) is 59.8 Å². The van der Waals surface area contributed by atoms with Crippen molar-refractivity contribution in [2.45, 2.75) is 5.16 Å². The van der Waals surface area contributed by atoms with Gasteiger partial charge in [0.2, 0.25) is 5.91 Å². The van der Waals surface area contributed by atoms with Crippen LogP contribution in [0.3, 0.4) is 0 Å². The van der Waals surface area contributed by atoms with Gasteiger partial charge in [-0.1, -0.05) is 58.2 Å². The van der Waals surface area contributed by atoms with E-state index in [4.69, 9.17) is 46.4 Å². The highest BCUT2D eigenvalue weighted by Crippen LogP contribution is 2.28. The van der Waals surface area contributed by atoms with Gasteiger partial charge < -0.3 is 5.32 Å². The number of aromatic nitrogens is 3. The molecule has 0 radical (unpaired) electrons. The van der Waals surface area contributed by atoms with E-state index in [0.29, 0.717) is 36.6 Å². The summed E-state index contributed by atoms with van der Waals surface area (Å²) in [6.07, 6.45) is 1.39. The number of nitrogens with zero attached hydrogens (tertiary/aromatic N) is 3. The van der Waals surface area contributed by atoms with Crippen molar-refractivity contribution in [2.75, 3.05) is 11.1 Å². The first kappa shape index (κ1) is 19.3. The molecule has 0 aliphatic carbocycles. The first-order valence-electron chi connectivity index (χ1n) is 7.17. The largest absolute Gasteiger partial charge is 0.324 e. The van der Waals surface area contributed by atoms with Gasteiger partial charge in [-0.3, -0.25) is 4.79 Å². The van der Waals surface area contributed by atoms with Crippen LogP contribution < -0.4 is 5.32 Å². The van der Waals surface area contributed by atoms with Crippen molar-refractivity contribution < 1.29 is 4.79 Å². The molecule has 0 aliphatic rings. The lowest BCUT2D eigenvalue weighted by molar-refractivity contribution is -0.113. The van der Waals surface area contributed by atoms with Gasteiger partial charge >= 0.3 is 0 Å². The second-order valence-corrected chi connectivity index (χ2v) is 7.64. The zero-order valence-corrected chi connectivity index (χ0v) is 16.8. The minimum atomic E-state index is -0.240. The van der Waals surface area contributed by atoms with Gasteiger partial charge in [0.05, 0.1) is 27.2 Å². The Bertz CT molecular complexity index is 963. The smallest absolute Gasteiger partial charge is 0.234 e. The first-order chi connectivity index (χ1) is 12.4. The summed E-state index contributed by atoms with van der Waals surface area (Å²) < 4.78 is 1.55. The van der Waals surface area contributed by atoms with E-state index in [-0.39, 0.29) is 11.7 Å². The van der Waals surface area contributed by atoms with E-state index in [1.165, 1.54) is 18.1 Å². The maximum Gasteiger partial charge on any atom is 0.234 e. The highest BCUT2D eigenvalue weighted by molar-refractivity contribution is 7.99. The molecule has 2 aromatic carbocycles. The van der Waals surface area contributed by atoms with Crippen molar-refractivity contribution in [3.8, 4) is 5.69 Å². The molecule has 0 fully saturated rings. The highest BCUT2D eigenvalue weighted by Gasteiger charge is 2.14. The van der Waals surface area contributed by atoms with E-state index >= 15 is 0 Å². The van der Waals surface area contributed by atoms with E-state index < -0.39 is 0 Å². The van der Waals surface area contributed by atoms with Crippen molar-refractivity contribution in [1.29, 1.82) is 0 Å². The van der Waals surface area contributed by atoms with Gasteiger partial charge in [-0.2, -0.15) is 5.10 Å². The summed E-state index contributed by atoms with van der Waals surface area (Å²) in [7, 11) is 0. The molecule has 3 rings (SSSR count). The normalized spacial score (nSPS) is 10.8. The maximum absolute atomic E-state index is 12.2. The molecule has 134 valence electrons. The predicted molar refractivity (Wildman–Crippen MR) is 107 cm³/mol. The fraction of sp³-hybridized carbons (Fsp3) is 0.0625. The molecule has 26 heavy (non-hydrogen) atoms. The number of hydrogen-bond donors (Lipinski definition) is 1. The van der Waals surface area contributed by atoms with Crippen molar-refractivity contribution in [2.24, 2.45) is 0 Å². The average molecular weight is 448 g/mol. The number of halogens is 4. The molecule has 0 aliphatic heterocycles. The molecular formula is C16H10Cl4N4OS. The van der Waals surface area contributed by atoms with Crippen LogP contribution in [0.25, 0.3) is 5.69 Å². The van der Waals surface area contributed by atoms with Gasteiger partial charge in [0.15, 0.2) is 5.16 Å². The number of thioether (sulfide) groups is 1. The Kier molecular flexibility index (Phi) is 6.32. The summed E-state index contributed by atoms with van der Waals surface area (Å²) in [5.41, 5.74) is 1.11. The summed E-state index contributed by atoms with van der Waals surface area (Å²) in [6.45, 7) is 0. The van der Waals surface area contributed by atoms with Crippen LogP contribution in [-0.4, -0.2) is 26.4 Å². The fourth-order valence-corrected chi connectivity index (χ4v) is 3.72. The van der Waals surface area contributed by atoms with E-state index in [9.17, 15) is 4.79 Å². The highest BCUT2D eigenvalue weighted by atomic mass is 35.5. The average Bonchev–Trinajstić information content (AvgIpc) is 3.04. The summed E-state index contributed by atoms with van der Waals surface area (Å²) in [4.78, 5) is 16.3. The fourth-order valence-electron chi connectivity index (χ4n) is 2.05. The molecule has 0 saturated carbocycles. The Morgan fingerprint density at radius 1 is 1.04 bits per heavy atom. The van der Waals surface area contributed by atoms with Gasteiger partial charge in [-0.15, -0.1) is 0 Å². The Balaban J connectivity index is 1.69. The Hall–Kier alpha value is -1.44. The van der Waals surface area contributed by atoms with Gasteiger partial charge in [0.1, 0.15) is 6.33 Å². The molecule has 1 heterocycles. The Labute approximate surface area is 173 Å². The van der Waals surface area contributed by atoms with Crippen LogP contribution in [0.2, 0.25) is 20.1 Å². The number of carbonyl (C=O) groups excluding carboxylic acids is 1. The minimum Gasteiger partial charge on any atom is -0.324 e. The lowest BCUT2D eigenvalue weighted by Crippen LogP contribution is -2.15. The Morgan fingerprint density at radius 2 is 1.73 bits per heavy atom. The maximum atomic E-state index is 12.2. The van der Waals surface area contributed by atoms with Crippen LogP contribution in [0.1, 0.15) is 0 Å². The van der Waals surface area contributed by atoms with Gasteiger partial charge in [-0.25, -0.2) is 9.67 Å². The summed E-state index contributed by atoms with van der Waals surface area (Å²) in [5, 5.41) is 9.22. The van der Waals surface area contributed by atoms with Crippen LogP contribution in [-0.2, 0) is 4.79 Å². The quantitative estimate of drug-likeness (QED) is 0.516. The molecule has 0 spiro atoms. The lowest BCUT2D eigenvalue weighted by atomic mass is 10.3. The second kappa shape index (κ2) is 8.50. The minimum absolute atomic E-state index is 0.114. The van der Waals surface area contributed by atoms with Gasteiger partial charge in [0, 0.05) is 10.0 Å². The molecule has 3 aromatic rings. The number of amides is 1. The van der Waals surface area contributed by atoms with Crippen LogP contribution in [0, 0.1) is 0 Å². The number of hydrogen-bond acceptors (Lipinski definition) is 4. The Morgan fingerprint density at radius 3 is 2.42 bits per heavy atom. The van der Waals surface area contributed by atoms with Gasteiger partial charge in [0.25, 0.3) is 0 Å². The van der Waals surface area contributed by atoms with Crippen molar-refractivity contribution in [3.63, 3.8) is 0 Å². The summed E-state index contributed by atoms with van der Waals surface area (Å²) >= 11 is 25.2. The number of rotatable bonds is 5. The lowest BCUT2D eigenvalue weighted by Gasteiger charge is -2.09. The molecule has 1 amide bonds. The molecule has 1 N–H and O–H groups in total. The van der Waals surface area contributed by atoms with Crippen molar-refractivity contribution in [3.05, 3.63) is 62.8 Å². The van der Waals surface area contributed by atoms with E-state index in [2.05, 4.69) is 15.4 Å². The zero-order valence-electron chi connectivity index (χ0n) is 12.9. The molecule has 0 atom stereocenters. The number of benzene rings is 2. The van der Waals surface area contributed by atoms with E-state index in [1.807, 2.05) is 0 Å². The number of anilines is 1. The van der Waals surface area contributed by atoms with E-state index in [0.717, 1.165) is 0 Å². The number of nitrogens with one attached hydrogen (secondary N) is 1. The molecule has 0 unspecified atom stereocenters. The van der Waals surface area contributed by atoms with Crippen molar-refractivity contribution >= 4 is 69.8 Å². The summed E-state index contributed by atoms with van der Waals surface area (Å²) in [6, 6.07) is 9.90. The third kappa shape index (κ3) is 4.64. The predicted octanol–water partition coefficient (Wildman–Crippen LogP) is 5.61.